The summed E-state index contributed by atoms with van der Waals surface area (Å²) in [6.45, 7) is 2.45. The molecule has 0 radical (unpaired) electrons. The minimum atomic E-state index is 0.243. The van der Waals surface area contributed by atoms with Crippen molar-refractivity contribution in [2.75, 3.05) is 5.32 Å². The highest BCUT2D eigenvalue weighted by atomic mass is 35.5. The van der Waals surface area contributed by atoms with Crippen LogP contribution in [0, 0.1) is 6.92 Å². The van der Waals surface area contributed by atoms with E-state index in [9.17, 15) is 0 Å². The van der Waals surface area contributed by atoms with Crippen LogP contribution in [0.2, 0.25) is 5.28 Å². The Bertz CT molecular complexity index is 710. The van der Waals surface area contributed by atoms with Gasteiger partial charge in [-0.15, -0.1) is 11.3 Å². The number of hydrogen-bond donors (Lipinski definition) is 1. The fourth-order valence-corrected chi connectivity index (χ4v) is 2.63. The van der Waals surface area contributed by atoms with E-state index in [1.807, 2.05) is 18.4 Å². The molecule has 0 aliphatic heterocycles. The van der Waals surface area contributed by atoms with Crippen LogP contribution in [0.3, 0.4) is 0 Å². The number of fused-ring (bicyclic) bond motifs is 1. The first-order valence-electron chi connectivity index (χ1n) is 5.64. The van der Waals surface area contributed by atoms with Crippen LogP contribution in [-0.4, -0.2) is 19.9 Å². The molecule has 0 saturated carbocycles. The van der Waals surface area contributed by atoms with E-state index in [4.69, 9.17) is 11.6 Å². The van der Waals surface area contributed by atoms with Crippen LogP contribution in [0.4, 0.5) is 5.82 Å². The van der Waals surface area contributed by atoms with Gasteiger partial charge in [0.05, 0.1) is 29.5 Å². The van der Waals surface area contributed by atoms with E-state index in [0.29, 0.717) is 6.54 Å². The molecular formula is C12H10ClN5S. The predicted molar refractivity (Wildman–Crippen MR) is 76.5 cm³/mol. The van der Waals surface area contributed by atoms with Crippen molar-refractivity contribution >= 4 is 39.0 Å². The molecule has 3 aromatic heterocycles. The van der Waals surface area contributed by atoms with Crippen molar-refractivity contribution in [1.82, 2.24) is 19.9 Å². The molecule has 1 N–H and O–H groups in total. The van der Waals surface area contributed by atoms with E-state index in [-0.39, 0.29) is 5.28 Å². The van der Waals surface area contributed by atoms with Crippen LogP contribution in [0.15, 0.2) is 23.8 Å². The minimum Gasteiger partial charge on any atom is -0.364 e. The van der Waals surface area contributed by atoms with Crippen LogP contribution in [0.1, 0.15) is 11.4 Å². The molecule has 0 spiro atoms. The average Bonchev–Trinajstić information content (AvgIpc) is 2.85. The van der Waals surface area contributed by atoms with Gasteiger partial charge >= 0.3 is 0 Å². The lowest BCUT2D eigenvalue weighted by atomic mass is 10.3. The summed E-state index contributed by atoms with van der Waals surface area (Å²) in [6, 6.07) is 1.97. The number of halogens is 1. The average molecular weight is 292 g/mol. The van der Waals surface area contributed by atoms with E-state index in [0.717, 1.165) is 27.4 Å². The van der Waals surface area contributed by atoms with Gasteiger partial charge in [-0.1, -0.05) is 0 Å². The van der Waals surface area contributed by atoms with Gasteiger partial charge < -0.3 is 5.32 Å². The number of nitrogens with one attached hydrogen (secondary N) is 1. The first-order valence-corrected chi connectivity index (χ1v) is 6.90. The van der Waals surface area contributed by atoms with Gasteiger partial charge in [0, 0.05) is 6.20 Å². The van der Waals surface area contributed by atoms with Gasteiger partial charge in [0.15, 0.2) is 0 Å². The van der Waals surface area contributed by atoms with E-state index >= 15 is 0 Å². The summed E-state index contributed by atoms with van der Waals surface area (Å²) in [6.07, 6.45) is 3.49. The SMILES string of the molecule is Cc1cnc(CNc2nc(Cl)nc3sccc23)cn1. The lowest BCUT2D eigenvalue weighted by Gasteiger charge is -2.06. The summed E-state index contributed by atoms with van der Waals surface area (Å²) < 4.78 is 0. The Labute approximate surface area is 118 Å². The maximum absolute atomic E-state index is 5.90. The van der Waals surface area contributed by atoms with E-state index in [2.05, 4.69) is 25.3 Å². The molecule has 0 aliphatic carbocycles. The monoisotopic (exact) mass is 291 g/mol. The third-order valence-corrected chi connectivity index (χ3v) is 3.54. The standard InChI is InChI=1S/C12H10ClN5S/c1-7-4-15-8(5-14-7)6-16-10-9-2-3-19-11(9)18-12(13)17-10/h2-5H,6H2,1H3,(H,16,17,18). The highest BCUT2D eigenvalue weighted by Gasteiger charge is 2.07. The Morgan fingerprint density at radius 1 is 1.26 bits per heavy atom. The molecular weight excluding hydrogens is 282 g/mol. The molecule has 0 fully saturated rings. The molecule has 3 heterocycles. The second kappa shape index (κ2) is 5.07. The second-order valence-electron chi connectivity index (χ2n) is 3.98. The zero-order valence-corrected chi connectivity index (χ0v) is 11.7. The summed E-state index contributed by atoms with van der Waals surface area (Å²) in [5.41, 5.74) is 1.75. The van der Waals surface area contributed by atoms with Crippen LogP contribution in [0.25, 0.3) is 10.2 Å². The maximum atomic E-state index is 5.90. The number of aromatic nitrogens is 4. The summed E-state index contributed by atoms with van der Waals surface area (Å²) in [4.78, 5) is 17.7. The molecule has 3 aromatic rings. The van der Waals surface area contributed by atoms with Crippen molar-refractivity contribution in [3.63, 3.8) is 0 Å². The van der Waals surface area contributed by atoms with E-state index in [1.165, 1.54) is 11.3 Å². The molecule has 0 aliphatic rings. The van der Waals surface area contributed by atoms with Gasteiger partial charge in [0.2, 0.25) is 5.28 Å². The summed E-state index contributed by atoms with van der Waals surface area (Å²) in [5.74, 6) is 0.721. The van der Waals surface area contributed by atoms with Crippen LogP contribution in [0.5, 0.6) is 0 Å². The lowest BCUT2D eigenvalue weighted by Crippen LogP contribution is -2.04. The molecule has 5 nitrogen and oxygen atoms in total. The van der Waals surface area contributed by atoms with Crippen molar-refractivity contribution in [1.29, 1.82) is 0 Å². The van der Waals surface area contributed by atoms with Gasteiger partial charge in [0.1, 0.15) is 10.6 Å². The zero-order chi connectivity index (χ0) is 13.2. The highest BCUT2D eigenvalue weighted by molar-refractivity contribution is 7.16. The van der Waals surface area contributed by atoms with E-state index in [1.54, 1.807) is 12.4 Å². The molecule has 7 heteroatoms. The highest BCUT2D eigenvalue weighted by Crippen LogP contribution is 2.26. The molecule has 0 saturated heterocycles. The molecule has 0 amide bonds. The second-order valence-corrected chi connectivity index (χ2v) is 5.22. The Balaban J connectivity index is 1.85. The van der Waals surface area contributed by atoms with Gasteiger partial charge in [-0.05, 0) is 30.0 Å². The fraction of sp³-hybridized carbons (Fsp3) is 0.167. The third kappa shape index (κ3) is 2.64. The quantitative estimate of drug-likeness (QED) is 0.751. The van der Waals surface area contributed by atoms with Gasteiger partial charge in [-0.3, -0.25) is 9.97 Å². The van der Waals surface area contributed by atoms with Crippen LogP contribution >= 0.6 is 22.9 Å². The Morgan fingerprint density at radius 3 is 2.95 bits per heavy atom. The maximum Gasteiger partial charge on any atom is 0.225 e. The topological polar surface area (TPSA) is 63.6 Å². The van der Waals surface area contributed by atoms with Gasteiger partial charge in [-0.25, -0.2) is 9.97 Å². The Morgan fingerprint density at radius 2 is 2.16 bits per heavy atom. The number of aryl methyl sites for hydroxylation is 1. The zero-order valence-electron chi connectivity index (χ0n) is 10.1. The van der Waals surface area contributed by atoms with Crippen molar-refractivity contribution < 1.29 is 0 Å². The number of rotatable bonds is 3. The molecule has 3 rings (SSSR count). The lowest BCUT2D eigenvalue weighted by molar-refractivity contribution is 0.977. The van der Waals surface area contributed by atoms with Gasteiger partial charge in [-0.2, -0.15) is 0 Å². The van der Waals surface area contributed by atoms with Gasteiger partial charge in [0.25, 0.3) is 0 Å². The Kier molecular flexibility index (Phi) is 3.27. The normalized spacial score (nSPS) is 10.8. The molecule has 0 atom stereocenters. The van der Waals surface area contributed by atoms with E-state index < -0.39 is 0 Å². The summed E-state index contributed by atoms with van der Waals surface area (Å²) in [7, 11) is 0. The number of anilines is 1. The molecule has 0 unspecified atom stereocenters. The fourth-order valence-electron chi connectivity index (χ4n) is 1.65. The van der Waals surface area contributed by atoms with Crippen molar-refractivity contribution in [2.24, 2.45) is 0 Å². The molecule has 0 aromatic carbocycles. The number of hydrogen-bond acceptors (Lipinski definition) is 6. The summed E-state index contributed by atoms with van der Waals surface area (Å²) >= 11 is 7.44. The molecule has 0 bridgehead atoms. The first kappa shape index (κ1) is 12.3. The Hall–Kier alpha value is -1.79. The number of thiophene rings is 1. The number of nitrogens with zero attached hydrogens (tertiary/aromatic N) is 4. The largest absolute Gasteiger partial charge is 0.364 e. The van der Waals surface area contributed by atoms with Crippen LogP contribution < -0.4 is 5.32 Å². The third-order valence-electron chi connectivity index (χ3n) is 2.57. The van der Waals surface area contributed by atoms with Crippen molar-refractivity contribution in [3.05, 3.63) is 40.5 Å². The smallest absolute Gasteiger partial charge is 0.225 e. The first-order chi connectivity index (χ1) is 9.22. The molecule has 96 valence electrons. The van der Waals surface area contributed by atoms with Crippen LogP contribution in [-0.2, 0) is 6.54 Å². The predicted octanol–water partition coefficient (Wildman–Crippen LogP) is 3.06. The van der Waals surface area contributed by atoms with Crippen molar-refractivity contribution in [2.45, 2.75) is 13.5 Å². The van der Waals surface area contributed by atoms with Crippen molar-refractivity contribution in [3.8, 4) is 0 Å². The molecule has 19 heavy (non-hydrogen) atoms. The minimum absolute atomic E-state index is 0.243. The summed E-state index contributed by atoms with van der Waals surface area (Å²) in [5, 5.41) is 6.39.